The summed E-state index contributed by atoms with van der Waals surface area (Å²) in [6.07, 6.45) is 14.8. The van der Waals surface area contributed by atoms with Crippen LogP contribution < -0.4 is 0 Å². The molecule has 0 bridgehead atoms. The van der Waals surface area contributed by atoms with Gasteiger partial charge in [0.2, 0.25) is 0 Å². The summed E-state index contributed by atoms with van der Waals surface area (Å²) in [5.41, 5.74) is 0.897. The minimum atomic E-state index is 0.328. The van der Waals surface area contributed by atoms with Crippen LogP contribution in [0.25, 0.3) is 0 Å². The number of ketones is 1. The maximum atomic E-state index is 12.5. The molecule has 2 aliphatic rings. The van der Waals surface area contributed by atoms with Crippen molar-refractivity contribution < 1.29 is 9.53 Å². The van der Waals surface area contributed by atoms with Crippen molar-refractivity contribution in [3.63, 3.8) is 0 Å². The molecule has 2 rings (SSSR count). The number of carbonyl (C=O) groups is 1. The smallest absolute Gasteiger partial charge is 0.162 e. The summed E-state index contributed by atoms with van der Waals surface area (Å²) in [6.45, 7) is 1.98. The molecule has 0 unspecified atom stereocenters. The highest BCUT2D eigenvalue weighted by Crippen LogP contribution is 2.32. The van der Waals surface area contributed by atoms with E-state index in [-0.39, 0.29) is 0 Å². The summed E-state index contributed by atoms with van der Waals surface area (Å²) < 4.78 is 5.58. The van der Waals surface area contributed by atoms with Gasteiger partial charge in [0.25, 0.3) is 0 Å². The molecule has 0 aromatic carbocycles. The highest BCUT2D eigenvalue weighted by Gasteiger charge is 2.22. The number of hydrogen-bond acceptors (Lipinski definition) is 2. The van der Waals surface area contributed by atoms with Crippen molar-refractivity contribution in [2.24, 2.45) is 11.8 Å². The minimum absolute atomic E-state index is 0.328. The normalized spacial score (nSPS) is 22.8. The maximum Gasteiger partial charge on any atom is 0.162 e. The van der Waals surface area contributed by atoms with E-state index in [9.17, 15) is 4.79 Å². The van der Waals surface area contributed by atoms with E-state index in [4.69, 9.17) is 4.74 Å². The van der Waals surface area contributed by atoms with Gasteiger partial charge >= 0.3 is 0 Å². The molecule has 2 heteroatoms. The lowest BCUT2D eigenvalue weighted by atomic mass is 9.83. The molecule has 2 nitrogen and oxygen atoms in total. The van der Waals surface area contributed by atoms with Crippen molar-refractivity contribution in [3.8, 4) is 0 Å². The number of Topliss-reactive ketones (excluding diaryl/α,β-unsaturated/α-hetero) is 1. The van der Waals surface area contributed by atoms with E-state index in [0.29, 0.717) is 11.7 Å². The molecular weight excluding hydrogens is 260 g/mol. The van der Waals surface area contributed by atoms with Gasteiger partial charge in [-0.2, -0.15) is 0 Å². The number of allylic oxidation sites excluding steroid dienone is 2. The summed E-state index contributed by atoms with van der Waals surface area (Å²) >= 11 is 0. The zero-order valence-corrected chi connectivity index (χ0v) is 14.0. The Labute approximate surface area is 130 Å². The molecule has 21 heavy (non-hydrogen) atoms. The molecule has 120 valence electrons. The van der Waals surface area contributed by atoms with Gasteiger partial charge in [-0.15, -0.1) is 0 Å². The fraction of sp³-hybridized carbons (Fsp3) is 0.842. The van der Waals surface area contributed by atoms with Gasteiger partial charge in [-0.3, -0.25) is 4.79 Å². The molecule has 2 aliphatic carbocycles. The summed E-state index contributed by atoms with van der Waals surface area (Å²) in [5.74, 6) is 2.64. The molecule has 0 saturated heterocycles. The molecule has 0 aliphatic heterocycles. The molecule has 2 fully saturated rings. The van der Waals surface area contributed by atoms with Gasteiger partial charge in [0.15, 0.2) is 5.78 Å². The van der Waals surface area contributed by atoms with Crippen molar-refractivity contribution in [3.05, 3.63) is 11.3 Å². The third-order valence-corrected chi connectivity index (χ3v) is 5.48. The van der Waals surface area contributed by atoms with Crippen LogP contribution in [-0.2, 0) is 9.53 Å². The second-order valence-corrected chi connectivity index (χ2v) is 7.09. The Morgan fingerprint density at radius 2 is 1.33 bits per heavy atom. The van der Waals surface area contributed by atoms with Crippen LogP contribution in [0, 0.1) is 11.8 Å². The third-order valence-electron chi connectivity index (χ3n) is 5.48. The van der Waals surface area contributed by atoms with Crippen LogP contribution in [0.2, 0.25) is 0 Å². The van der Waals surface area contributed by atoms with Crippen molar-refractivity contribution in [1.82, 2.24) is 0 Å². The second kappa shape index (κ2) is 8.60. The number of methoxy groups -OCH3 is 1. The van der Waals surface area contributed by atoms with Crippen molar-refractivity contribution in [2.75, 3.05) is 7.11 Å². The summed E-state index contributed by atoms with van der Waals surface area (Å²) in [7, 11) is 1.73. The Morgan fingerprint density at radius 1 is 0.857 bits per heavy atom. The fourth-order valence-corrected chi connectivity index (χ4v) is 4.01. The first-order chi connectivity index (χ1) is 10.2. The Morgan fingerprint density at radius 3 is 1.81 bits per heavy atom. The second-order valence-electron chi connectivity index (χ2n) is 7.09. The maximum absolute atomic E-state index is 12.5. The van der Waals surface area contributed by atoms with E-state index in [1.54, 1.807) is 7.11 Å². The van der Waals surface area contributed by atoms with Crippen LogP contribution in [0.3, 0.4) is 0 Å². The number of ether oxygens (including phenoxy) is 1. The first kappa shape index (κ1) is 16.6. The van der Waals surface area contributed by atoms with Gasteiger partial charge in [0.1, 0.15) is 5.76 Å². The number of hydrogen-bond donors (Lipinski definition) is 0. The highest BCUT2D eigenvalue weighted by atomic mass is 16.5. The van der Waals surface area contributed by atoms with Crippen LogP contribution in [0.15, 0.2) is 11.3 Å². The third kappa shape index (κ3) is 5.16. The lowest BCUT2D eigenvalue weighted by Gasteiger charge is -2.24. The topological polar surface area (TPSA) is 26.3 Å². The van der Waals surface area contributed by atoms with Crippen molar-refractivity contribution in [2.45, 2.75) is 84.0 Å². The van der Waals surface area contributed by atoms with Crippen molar-refractivity contribution in [1.29, 1.82) is 0 Å². The van der Waals surface area contributed by atoms with Crippen LogP contribution in [0.4, 0.5) is 0 Å². The molecule has 2 saturated carbocycles. The summed E-state index contributed by atoms with van der Waals surface area (Å²) in [6, 6.07) is 0. The average Bonchev–Trinajstić information content (AvgIpc) is 2.54. The Hall–Kier alpha value is -0.790. The number of carbonyl (C=O) groups excluding carboxylic acids is 1. The van der Waals surface area contributed by atoms with Gasteiger partial charge in [-0.25, -0.2) is 0 Å². The molecule has 0 spiro atoms. The molecule has 0 aromatic heterocycles. The van der Waals surface area contributed by atoms with E-state index >= 15 is 0 Å². The molecule has 0 heterocycles. The quantitative estimate of drug-likeness (QED) is 0.483. The molecule has 0 N–H and O–H groups in total. The van der Waals surface area contributed by atoms with E-state index in [1.165, 1.54) is 64.2 Å². The SMILES string of the molecule is CO/C(CC1CCCCC1)=C(/C)C(=O)CC1CCCCC1. The van der Waals surface area contributed by atoms with Gasteiger partial charge < -0.3 is 4.74 Å². The molecule has 0 amide bonds. The summed E-state index contributed by atoms with van der Waals surface area (Å²) in [5, 5.41) is 0. The van der Waals surface area contributed by atoms with Crippen LogP contribution in [-0.4, -0.2) is 12.9 Å². The predicted octanol–water partition coefficient (Wildman–Crippen LogP) is 5.42. The average molecular weight is 292 g/mol. The van der Waals surface area contributed by atoms with Crippen LogP contribution >= 0.6 is 0 Å². The first-order valence-corrected chi connectivity index (χ1v) is 8.97. The number of rotatable bonds is 6. The highest BCUT2D eigenvalue weighted by molar-refractivity contribution is 5.95. The Kier molecular flexibility index (Phi) is 6.79. The van der Waals surface area contributed by atoms with Gasteiger partial charge in [0, 0.05) is 18.4 Å². The largest absolute Gasteiger partial charge is 0.501 e. The van der Waals surface area contributed by atoms with E-state index in [1.807, 2.05) is 6.92 Å². The molecular formula is C19H32O2. The monoisotopic (exact) mass is 292 g/mol. The van der Waals surface area contributed by atoms with E-state index < -0.39 is 0 Å². The zero-order chi connectivity index (χ0) is 15.1. The van der Waals surface area contributed by atoms with Crippen LogP contribution in [0.1, 0.15) is 84.0 Å². The van der Waals surface area contributed by atoms with Gasteiger partial charge in [-0.1, -0.05) is 64.2 Å². The zero-order valence-electron chi connectivity index (χ0n) is 14.0. The Balaban J connectivity index is 1.91. The van der Waals surface area contributed by atoms with Crippen LogP contribution in [0.5, 0.6) is 0 Å². The van der Waals surface area contributed by atoms with Gasteiger partial charge in [-0.05, 0) is 18.8 Å². The lowest BCUT2D eigenvalue weighted by Crippen LogP contribution is -2.15. The minimum Gasteiger partial charge on any atom is -0.501 e. The molecule has 0 atom stereocenters. The van der Waals surface area contributed by atoms with E-state index in [2.05, 4.69) is 0 Å². The lowest BCUT2D eigenvalue weighted by molar-refractivity contribution is -0.116. The summed E-state index contributed by atoms with van der Waals surface area (Å²) in [4.78, 5) is 12.5. The fourth-order valence-electron chi connectivity index (χ4n) is 4.01. The standard InChI is InChI=1S/C19H32O2/c1-15(18(20)13-16-9-5-3-6-10-16)19(21-2)14-17-11-7-4-8-12-17/h16-17H,3-14H2,1-2H3/b19-15-. The Bertz CT molecular complexity index is 358. The molecule has 0 radical (unpaired) electrons. The first-order valence-electron chi connectivity index (χ1n) is 8.97. The molecule has 0 aromatic rings. The van der Waals surface area contributed by atoms with Crippen molar-refractivity contribution >= 4 is 5.78 Å². The predicted molar refractivity (Wildman–Crippen MR) is 87.1 cm³/mol. The van der Waals surface area contributed by atoms with Gasteiger partial charge in [0.05, 0.1) is 7.11 Å². The van der Waals surface area contributed by atoms with E-state index in [0.717, 1.165) is 30.1 Å².